The fourth-order valence-electron chi connectivity index (χ4n) is 3.51. The van der Waals surface area contributed by atoms with E-state index in [0.29, 0.717) is 37.4 Å². The van der Waals surface area contributed by atoms with Gasteiger partial charge in [0.15, 0.2) is 0 Å². The number of benzene rings is 2. The van der Waals surface area contributed by atoms with Gasteiger partial charge in [0.2, 0.25) is 11.8 Å². The zero-order valence-corrected chi connectivity index (χ0v) is 19.0. The molecule has 0 aliphatic heterocycles. The first-order valence-electron chi connectivity index (χ1n) is 10.8. The van der Waals surface area contributed by atoms with Gasteiger partial charge in [0, 0.05) is 43.3 Å². The van der Waals surface area contributed by atoms with E-state index in [0.717, 1.165) is 16.7 Å². The SMILES string of the molecule is CCCC(=O)N(Cc1ccc(Cl)cc1)[C@H](Cc1ccccc1)C(=O)NCc1cccnc1. The van der Waals surface area contributed by atoms with Crippen molar-refractivity contribution < 1.29 is 9.59 Å². The van der Waals surface area contributed by atoms with Gasteiger partial charge < -0.3 is 10.2 Å². The van der Waals surface area contributed by atoms with Gasteiger partial charge >= 0.3 is 0 Å². The van der Waals surface area contributed by atoms with Crippen LogP contribution in [0.4, 0.5) is 0 Å². The molecule has 0 saturated heterocycles. The summed E-state index contributed by atoms with van der Waals surface area (Å²) in [6.07, 6.45) is 4.95. The molecule has 1 N–H and O–H groups in total. The second-order valence-corrected chi connectivity index (χ2v) is 8.12. The number of carbonyl (C=O) groups is 2. The summed E-state index contributed by atoms with van der Waals surface area (Å²) >= 11 is 6.03. The molecular weight excluding hydrogens is 422 g/mol. The highest BCUT2D eigenvalue weighted by atomic mass is 35.5. The Balaban J connectivity index is 1.87. The topological polar surface area (TPSA) is 62.3 Å². The van der Waals surface area contributed by atoms with E-state index in [1.807, 2.05) is 61.5 Å². The Bertz CT molecular complexity index is 995. The molecule has 2 amide bonds. The largest absolute Gasteiger partial charge is 0.350 e. The number of halogens is 1. The lowest BCUT2D eigenvalue weighted by atomic mass is 10.0. The molecule has 0 spiro atoms. The van der Waals surface area contributed by atoms with E-state index in [1.165, 1.54) is 0 Å². The Morgan fingerprint density at radius 2 is 1.69 bits per heavy atom. The molecule has 0 aliphatic rings. The summed E-state index contributed by atoms with van der Waals surface area (Å²) in [7, 11) is 0. The molecule has 1 atom stereocenters. The van der Waals surface area contributed by atoms with Gasteiger partial charge in [-0.2, -0.15) is 0 Å². The van der Waals surface area contributed by atoms with Crippen LogP contribution in [-0.2, 0) is 29.1 Å². The van der Waals surface area contributed by atoms with Crippen LogP contribution < -0.4 is 5.32 Å². The molecule has 0 unspecified atom stereocenters. The zero-order chi connectivity index (χ0) is 22.8. The van der Waals surface area contributed by atoms with Crippen LogP contribution in [0, 0.1) is 0 Å². The first-order chi connectivity index (χ1) is 15.6. The third-order valence-electron chi connectivity index (χ3n) is 5.19. The highest BCUT2D eigenvalue weighted by molar-refractivity contribution is 6.30. The lowest BCUT2D eigenvalue weighted by Crippen LogP contribution is -2.50. The van der Waals surface area contributed by atoms with E-state index in [4.69, 9.17) is 11.6 Å². The summed E-state index contributed by atoms with van der Waals surface area (Å²) in [4.78, 5) is 32.3. The molecule has 0 saturated carbocycles. The molecule has 5 nitrogen and oxygen atoms in total. The molecule has 0 bridgehead atoms. The van der Waals surface area contributed by atoms with Gasteiger partial charge in [0.1, 0.15) is 6.04 Å². The Labute approximate surface area is 194 Å². The Hall–Kier alpha value is -3.18. The number of pyridine rings is 1. The van der Waals surface area contributed by atoms with E-state index < -0.39 is 6.04 Å². The Kier molecular flexibility index (Phi) is 8.81. The van der Waals surface area contributed by atoms with Crippen LogP contribution >= 0.6 is 11.6 Å². The number of nitrogens with zero attached hydrogens (tertiary/aromatic N) is 2. The van der Waals surface area contributed by atoms with Crippen molar-refractivity contribution in [2.24, 2.45) is 0 Å². The molecule has 3 aromatic rings. The van der Waals surface area contributed by atoms with E-state index in [-0.39, 0.29) is 11.8 Å². The van der Waals surface area contributed by atoms with Crippen LogP contribution in [0.15, 0.2) is 79.1 Å². The molecule has 6 heteroatoms. The fraction of sp³-hybridized carbons (Fsp3) is 0.269. The van der Waals surface area contributed by atoms with E-state index in [1.54, 1.807) is 29.4 Å². The smallest absolute Gasteiger partial charge is 0.243 e. The summed E-state index contributed by atoms with van der Waals surface area (Å²) in [6, 6.07) is 20.3. The van der Waals surface area contributed by atoms with Crippen LogP contribution in [0.3, 0.4) is 0 Å². The van der Waals surface area contributed by atoms with Gasteiger partial charge in [-0.25, -0.2) is 0 Å². The van der Waals surface area contributed by atoms with Crippen molar-refractivity contribution in [1.82, 2.24) is 15.2 Å². The first kappa shape index (κ1) is 23.5. The lowest BCUT2D eigenvalue weighted by Gasteiger charge is -2.31. The van der Waals surface area contributed by atoms with Crippen molar-refractivity contribution in [1.29, 1.82) is 0 Å². The first-order valence-corrected chi connectivity index (χ1v) is 11.2. The Morgan fingerprint density at radius 3 is 2.34 bits per heavy atom. The highest BCUT2D eigenvalue weighted by Crippen LogP contribution is 2.18. The molecule has 2 aromatic carbocycles. The van der Waals surface area contributed by atoms with Crippen LogP contribution in [0.5, 0.6) is 0 Å². The van der Waals surface area contributed by atoms with Gasteiger partial charge in [-0.05, 0) is 41.3 Å². The molecule has 166 valence electrons. The second kappa shape index (κ2) is 12.0. The number of carbonyl (C=O) groups excluding carboxylic acids is 2. The van der Waals surface area contributed by atoms with Crippen molar-refractivity contribution in [3.05, 3.63) is 101 Å². The van der Waals surface area contributed by atoms with Crippen molar-refractivity contribution in [3.8, 4) is 0 Å². The number of hydrogen-bond acceptors (Lipinski definition) is 3. The number of nitrogens with one attached hydrogen (secondary N) is 1. The molecule has 1 heterocycles. The molecule has 1 aromatic heterocycles. The van der Waals surface area contributed by atoms with Crippen molar-refractivity contribution >= 4 is 23.4 Å². The van der Waals surface area contributed by atoms with Crippen LogP contribution in [0.1, 0.15) is 36.5 Å². The number of hydrogen-bond donors (Lipinski definition) is 1. The van der Waals surface area contributed by atoms with Crippen LogP contribution in [0.2, 0.25) is 5.02 Å². The van der Waals surface area contributed by atoms with Gasteiger partial charge in [-0.3, -0.25) is 14.6 Å². The van der Waals surface area contributed by atoms with Gasteiger partial charge in [0.25, 0.3) is 0 Å². The molecule has 0 radical (unpaired) electrons. The molecule has 0 aliphatic carbocycles. The number of rotatable bonds is 10. The third-order valence-corrected chi connectivity index (χ3v) is 5.44. The van der Waals surface area contributed by atoms with Crippen molar-refractivity contribution in [2.75, 3.05) is 0 Å². The van der Waals surface area contributed by atoms with Crippen molar-refractivity contribution in [2.45, 2.75) is 45.3 Å². The maximum atomic E-state index is 13.4. The van der Waals surface area contributed by atoms with E-state index >= 15 is 0 Å². The van der Waals surface area contributed by atoms with Gasteiger partial charge in [-0.15, -0.1) is 0 Å². The summed E-state index contributed by atoms with van der Waals surface area (Å²) in [5, 5.41) is 3.63. The predicted molar refractivity (Wildman–Crippen MR) is 127 cm³/mol. The van der Waals surface area contributed by atoms with Crippen molar-refractivity contribution in [3.63, 3.8) is 0 Å². The lowest BCUT2D eigenvalue weighted by molar-refractivity contribution is -0.141. The zero-order valence-electron chi connectivity index (χ0n) is 18.2. The van der Waals surface area contributed by atoms with Crippen LogP contribution in [0.25, 0.3) is 0 Å². The molecule has 32 heavy (non-hydrogen) atoms. The van der Waals surface area contributed by atoms with Crippen LogP contribution in [-0.4, -0.2) is 27.7 Å². The minimum Gasteiger partial charge on any atom is -0.350 e. The molecule has 0 fully saturated rings. The Morgan fingerprint density at radius 1 is 0.969 bits per heavy atom. The number of aromatic nitrogens is 1. The second-order valence-electron chi connectivity index (χ2n) is 7.68. The quantitative estimate of drug-likeness (QED) is 0.484. The maximum Gasteiger partial charge on any atom is 0.243 e. The normalized spacial score (nSPS) is 11.6. The summed E-state index contributed by atoms with van der Waals surface area (Å²) in [6.45, 7) is 2.66. The van der Waals surface area contributed by atoms with E-state index in [2.05, 4.69) is 10.3 Å². The van der Waals surface area contributed by atoms with Gasteiger partial charge in [0.05, 0.1) is 0 Å². The minimum absolute atomic E-state index is 0.0418. The summed E-state index contributed by atoms with van der Waals surface area (Å²) in [5.74, 6) is -0.226. The monoisotopic (exact) mass is 449 g/mol. The highest BCUT2D eigenvalue weighted by Gasteiger charge is 2.29. The standard InChI is InChI=1S/C26H28ClN3O2/c1-2-7-25(31)30(19-21-11-13-23(27)14-12-21)24(16-20-8-4-3-5-9-20)26(32)29-18-22-10-6-15-28-17-22/h3-6,8-15,17,24H,2,7,16,18-19H2,1H3,(H,29,32)/t24-/m1/s1. The molecule has 3 rings (SSSR count). The summed E-state index contributed by atoms with van der Waals surface area (Å²) in [5.41, 5.74) is 2.83. The minimum atomic E-state index is -0.635. The average molecular weight is 450 g/mol. The fourth-order valence-corrected chi connectivity index (χ4v) is 3.63. The summed E-state index contributed by atoms with van der Waals surface area (Å²) < 4.78 is 0. The van der Waals surface area contributed by atoms with E-state index in [9.17, 15) is 9.59 Å². The van der Waals surface area contributed by atoms with Gasteiger partial charge in [-0.1, -0.05) is 67.1 Å². The molecular formula is C26H28ClN3O2. The predicted octanol–water partition coefficient (Wildman–Crippen LogP) is 4.79. The number of amides is 2. The maximum absolute atomic E-state index is 13.4. The average Bonchev–Trinajstić information content (AvgIpc) is 2.82. The third kappa shape index (κ3) is 6.92.